The highest BCUT2D eigenvalue weighted by atomic mass is 35.5. The molecule has 0 aliphatic carbocycles. The molecule has 0 bridgehead atoms. The van der Waals surface area contributed by atoms with E-state index >= 15 is 0 Å². The van der Waals surface area contributed by atoms with Crippen molar-refractivity contribution in [1.29, 1.82) is 0 Å². The summed E-state index contributed by atoms with van der Waals surface area (Å²) in [5.74, 6) is -0.409. The van der Waals surface area contributed by atoms with Crippen LogP contribution in [0.1, 0.15) is 11.1 Å². The Morgan fingerprint density at radius 1 is 1.12 bits per heavy atom. The van der Waals surface area contributed by atoms with Crippen LogP contribution in [0.15, 0.2) is 53.4 Å². The lowest BCUT2D eigenvalue weighted by atomic mass is 10.2. The number of hydrogen-bond acceptors (Lipinski definition) is 5. The Kier molecular flexibility index (Phi) is 4.87. The summed E-state index contributed by atoms with van der Waals surface area (Å²) < 4.78 is 0. The molecular formula is C17H11ClN2O4S. The Morgan fingerprint density at radius 3 is 2.44 bits per heavy atom. The molecule has 1 aliphatic heterocycles. The second-order valence-corrected chi connectivity index (χ2v) is 6.61. The molecule has 1 saturated heterocycles. The van der Waals surface area contributed by atoms with Gasteiger partial charge in [0.25, 0.3) is 16.8 Å². The van der Waals surface area contributed by atoms with Gasteiger partial charge in [0.1, 0.15) is 0 Å². The number of rotatable bonds is 4. The molecule has 0 unspecified atom stereocenters. The van der Waals surface area contributed by atoms with Crippen molar-refractivity contribution in [3.63, 3.8) is 0 Å². The number of imide groups is 1. The van der Waals surface area contributed by atoms with Crippen LogP contribution in [0.2, 0.25) is 5.02 Å². The summed E-state index contributed by atoms with van der Waals surface area (Å²) in [6, 6.07) is 12.8. The van der Waals surface area contributed by atoms with Crippen molar-refractivity contribution in [3.05, 3.63) is 79.7 Å². The molecular weight excluding hydrogens is 364 g/mol. The maximum Gasteiger partial charge on any atom is 0.293 e. The molecule has 1 aliphatic rings. The fourth-order valence-electron chi connectivity index (χ4n) is 2.28. The molecule has 1 heterocycles. The van der Waals surface area contributed by atoms with Crippen molar-refractivity contribution in [2.45, 2.75) is 6.54 Å². The van der Waals surface area contributed by atoms with Crippen molar-refractivity contribution < 1.29 is 14.5 Å². The van der Waals surface area contributed by atoms with E-state index in [-0.39, 0.29) is 22.4 Å². The van der Waals surface area contributed by atoms with Crippen LogP contribution >= 0.6 is 23.4 Å². The largest absolute Gasteiger partial charge is 0.293 e. The molecule has 126 valence electrons. The van der Waals surface area contributed by atoms with Crippen molar-refractivity contribution >= 4 is 46.3 Å². The Labute approximate surface area is 152 Å². The summed E-state index contributed by atoms with van der Waals surface area (Å²) in [5.41, 5.74) is 1.25. The second-order valence-electron chi connectivity index (χ2n) is 5.21. The Morgan fingerprint density at radius 2 is 1.80 bits per heavy atom. The lowest BCUT2D eigenvalue weighted by molar-refractivity contribution is -0.384. The van der Waals surface area contributed by atoms with Crippen molar-refractivity contribution in [1.82, 2.24) is 4.90 Å². The average molecular weight is 375 g/mol. The molecule has 2 amide bonds. The molecule has 3 rings (SSSR count). The van der Waals surface area contributed by atoms with E-state index in [0.29, 0.717) is 16.1 Å². The number of hydrogen-bond donors (Lipinski definition) is 0. The molecule has 1 fully saturated rings. The van der Waals surface area contributed by atoms with Gasteiger partial charge in [0.15, 0.2) is 0 Å². The Bertz CT molecular complexity index is 896. The van der Waals surface area contributed by atoms with E-state index in [1.54, 1.807) is 30.3 Å². The first-order chi connectivity index (χ1) is 12.0. The van der Waals surface area contributed by atoms with Gasteiger partial charge in [-0.05, 0) is 47.2 Å². The SMILES string of the molecule is O=C1S/C(=C\c2ccc([N+](=O)[O-])cc2)C(=O)N1Cc1ccccc1Cl. The van der Waals surface area contributed by atoms with E-state index in [4.69, 9.17) is 11.6 Å². The lowest BCUT2D eigenvalue weighted by Gasteiger charge is -2.13. The van der Waals surface area contributed by atoms with Crippen LogP contribution in [0.25, 0.3) is 6.08 Å². The zero-order chi connectivity index (χ0) is 18.0. The molecule has 0 radical (unpaired) electrons. The molecule has 0 spiro atoms. The monoisotopic (exact) mass is 374 g/mol. The maximum atomic E-state index is 12.5. The van der Waals surface area contributed by atoms with Crippen LogP contribution < -0.4 is 0 Å². The van der Waals surface area contributed by atoms with E-state index in [2.05, 4.69) is 0 Å². The van der Waals surface area contributed by atoms with Gasteiger partial charge in [-0.25, -0.2) is 0 Å². The molecule has 2 aromatic carbocycles. The van der Waals surface area contributed by atoms with Gasteiger partial charge in [0.2, 0.25) is 0 Å². The van der Waals surface area contributed by atoms with Crippen LogP contribution in [-0.2, 0) is 11.3 Å². The van der Waals surface area contributed by atoms with Gasteiger partial charge in [-0.2, -0.15) is 0 Å². The quantitative estimate of drug-likeness (QED) is 0.447. The fourth-order valence-corrected chi connectivity index (χ4v) is 3.31. The minimum Gasteiger partial charge on any atom is -0.268 e. The van der Waals surface area contributed by atoms with Crippen molar-refractivity contribution in [2.75, 3.05) is 0 Å². The lowest BCUT2D eigenvalue weighted by Crippen LogP contribution is -2.27. The highest BCUT2D eigenvalue weighted by molar-refractivity contribution is 8.18. The number of thioether (sulfide) groups is 1. The van der Waals surface area contributed by atoms with E-state index in [9.17, 15) is 19.7 Å². The summed E-state index contributed by atoms with van der Waals surface area (Å²) in [4.78, 5) is 36.2. The number of amides is 2. The minimum absolute atomic E-state index is 0.0380. The smallest absolute Gasteiger partial charge is 0.268 e. The molecule has 25 heavy (non-hydrogen) atoms. The number of nitrogens with zero attached hydrogens (tertiary/aromatic N) is 2. The number of nitro groups is 1. The third kappa shape index (κ3) is 3.72. The molecule has 0 aromatic heterocycles. The Hall–Kier alpha value is -2.64. The molecule has 0 atom stereocenters. The molecule has 2 aromatic rings. The minimum atomic E-state index is -0.499. The fraction of sp³-hybridized carbons (Fsp3) is 0.0588. The van der Waals surface area contributed by atoms with E-state index in [1.165, 1.54) is 24.3 Å². The molecule has 6 nitrogen and oxygen atoms in total. The van der Waals surface area contributed by atoms with Crippen LogP contribution in [0.5, 0.6) is 0 Å². The number of halogens is 1. The normalized spacial score (nSPS) is 15.9. The molecule has 8 heteroatoms. The third-order valence-electron chi connectivity index (χ3n) is 3.56. The van der Waals surface area contributed by atoms with Gasteiger partial charge in [-0.3, -0.25) is 24.6 Å². The van der Waals surface area contributed by atoms with Gasteiger partial charge < -0.3 is 0 Å². The predicted octanol–water partition coefficient (Wildman–Crippen LogP) is 4.48. The number of nitro benzene ring substituents is 1. The van der Waals surface area contributed by atoms with Crippen LogP contribution in [-0.4, -0.2) is 21.0 Å². The first kappa shape index (κ1) is 17.2. The van der Waals surface area contributed by atoms with Gasteiger partial charge in [0, 0.05) is 17.2 Å². The van der Waals surface area contributed by atoms with Crippen LogP contribution in [0.4, 0.5) is 10.5 Å². The first-order valence-electron chi connectivity index (χ1n) is 7.19. The highest BCUT2D eigenvalue weighted by Gasteiger charge is 2.35. The highest BCUT2D eigenvalue weighted by Crippen LogP contribution is 2.34. The van der Waals surface area contributed by atoms with Gasteiger partial charge in [0.05, 0.1) is 16.4 Å². The van der Waals surface area contributed by atoms with E-state index in [1.807, 2.05) is 0 Å². The third-order valence-corrected chi connectivity index (χ3v) is 4.84. The zero-order valence-corrected chi connectivity index (χ0v) is 14.3. The van der Waals surface area contributed by atoms with Crippen molar-refractivity contribution in [2.24, 2.45) is 0 Å². The van der Waals surface area contributed by atoms with Crippen LogP contribution in [0, 0.1) is 10.1 Å². The number of non-ortho nitro benzene ring substituents is 1. The van der Waals surface area contributed by atoms with Gasteiger partial charge >= 0.3 is 0 Å². The zero-order valence-electron chi connectivity index (χ0n) is 12.7. The number of carbonyl (C=O) groups is 2. The number of carbonyl (C=O) groups excluding carboxylic acids is 2. The van der Waals surface area contributed by atoms with E-state index in [0.717, 1.165) is 16.7 Å². The summed E-state index contributed by atoms with van der Waals surface area (Å²) in [6.45, 7) is 0.0991. The summed E-state index contributed by atoms with van der Waals surface area (Å²) in [5, 5.41) is 10.8. The summed E-state index contributed by atoms with van der Waals surface area (Å²) in [7, 11) is 0. The van der Waals surface area contributed by atoms with E-state index < -0.39 is 10.8 Å². The topological polar surface area (TPSA) is 80.5 Å². The van der Waals surface area contributed by atoms with Crippen molar-refractivity contribution in [3.8, 4) is 0 Å². The first-order valence-corrected chi connectivity index (χ1v) is 8.38. The summed E-state index contributed by atoms with van der Waals surface area (Å²) in [6.07, 6.45) is 1.54. The van der Waals surface area contributed by atoms with Gasteiger partial charge in [-0.15, -0.1) is 0 Å². The molecule has 0 saturated carbocycles. The maximum absolute atomic E-state index is 12.5. The Balaban J connectivity index is 1.81. The molecule has 0 N–H and O–H groups in total. The van der Waals surface area contributed by atoms with Gasteiger partial charge in [-0.1, -0.05) is 29.8 Å². The predicted molar refractivity (Wildman–Crippen MR) is 96.1 cm³/mol. The van der Waals surface area contributed by atoms with Crippen LogP contribution in [0.3, 0.4) is 0 Å². The number of benzene rings is 2. The summed E-state index contributed by atoms with van der Waals surface area (Å²) >= 11 is 6.91. The standard InChI is InChI=1S/C17H11ClN2O4S/c18-14-4-2-1-3-12(14)10-19-16(21)15(25-17(19)22)9-11-5-7-13(8-6-11)20(23)24/h1-9H,10H2/b15-9-. The second kappa shape index (κ2) is 7.08. The average Bonchev–Trinajstić information content (AvgIpc) is 2.85.